The molecule has 1 rings (SSSR count). The SMILES string of the molecule is CC(C)(C)/C(N)=N/C(=S)NC(=O)C1CCCCN1. The van der Waals surface area contributed by atoms with Crippen LogP contribution in [0.3, 0.4) is 0 Å². The molecule has 0 spiro atoms. The molecule has 0 radical (unpaired) electrons. The van der Waals surface area contributed by atoms with E-state index >= 15 is 0 Å². The zero-order chi connectivity index (χ0) is 13.8. The van der Waals surface area contributed by atoms with Crippen molar-refractivity contribution in [1.82, 2.24) is 10.6 Å². The molecule has 1 amide bonds. The van der Waals surface area contributed by atoms with Crippen LogP contribution in [0.15, 0.2) is 4.99 Å². The lowest BCUT2D eigenvalue weighted by molar-refractivity contribution is -0.122. The Morgan fingerprint density at radius 1 is 1.44 bits per heavy atom. The Hall–Kier alpha value is -1.01. The van der Waals surface area contributed by atoms with Crippen molar-refractivity contribution in [2.45, 2.75) is 46.1 Å². The summed E-state index contributed by atoms with van der Waals surface area (Å²) in [5.41, 5.74) is 5.55. The number of hydrogen-bond donors (Lipinski definition) is 3. The number of hydrogen-bond acceptors (Lipinski definition) is 3. The fourth-order valence-corrected chi connectivity index (χ4v) is 1.77. The number of nitrogens with two attached hydrogens (primary N) is 1. The second kappa shape index (κ2) is 6.24. The average Bonchev–Trinajstić information content (AvgIpc) is 2.28. The molecule has 102 valence electrons. The Morgan fingerprint density at radius 2 is 2.11 bits per heavy atom. The first-order valence-electron chi connectivity index (χ1n) is 6.23. The molecule has 1 fully saturated rings. The summed E-state index contributed by atoms with van der Waals surface area (Å²) in [6.45, 7) is 6.70. The highest BCUT2D eigenvalue weighted by molar-refractivity contribution is 7.80. The van der Waals surface area contributed by atoms with Crippen LogP contribution in [0.5, 0.6) is 0 Å². The lowest BCUT2D eigenvalue weighted by Gasteiger charge is -2.22. The standard InChI is InChI=1S/C12H22N4OS/c1-12(2,3)10(13)16-11(18)15-9(17)8-6-4-5-7-14-8/h8,14H,4-7H2,1-3H3,(H3,13,15,16,17,18). The van der Waals surface area contributed by atoms with Gasteiger partial charge in [0.1, 0.15) is 5.84 Å². The summed E-state index contributed by atoms with van der Waals surface area (Å²) in [6, 6.07) is -0.164. The third kappa shape index (κ3) is 4.70. The Balaban J connectivity index is 2.52. The van der Waals surface area contributed by atoms with Crippen molar-refractivity contribution < 1.29 is 4.79 Å². The molecule has 0 aromatic heterocycles. The van der Waals surface area contributed by atoms with Gasteiger partial charge in [-0.2, -0.15) is 0 Å². The number of amides is 1. The minimum Gasteiger partial charge on any atom is -0.387 e. The zero-order valence-corrected chi connectivity index (χ0v) is 12.1. The van der Waals surface area contributed by atoms with Crippen molar-refractivity contribution in [2.24, 2.45) is 16.1 Å². The maximum Gasteiger partial charge on any atom is 0.243 e. The summed E-state index contributed by atoms with van der Waals surface area (Å²) in [5, 5.41) is 5.91. The Morgan fingerprint density at radius 3 is 2.61 bits per heavy atom. The van der Waals surface area contributed by atoms with Crippen LogP contribution in [-0.4, -0.2) is 29.4 Å². The number of aliphatic imine (C=N–C) groups is 1. The molecule has 0 saturated carbocycles. The lowest BCUT2D eigenvalue weighted by atomic mass is 9.95. The van der Waals surface area contributed by atoms with Gasteiger partial charge in [-0.25, -0.2) is 4.99 Å². The van der Waals surface area contributed by atoms with Gasteiger partial charge >= 0.3 is 0 Å². The van der Waals surface area contributed by atoms with E-state index in [1.165, 1.54) is 0 Å². The van der Waals surface area contributed by atoms with E-state index in [9.17, 15) is 4.79 Å². The highest BCUT2D eigenvalue weighted by atomic mass is 32.1. The fraction of sp³-hybridized carbons (Fsp3) is 0.750. The van der Waals surface area contributed by atoms with E-state index in [0.29, 0.717) is 5.84 Å². The smallest absolute Gasteiger partial charge is 0.243 e. The Bertz CT molecular complexity index is 354. The van der Waals surface area contributed by atoms with Gasteiger partial charge < -0.3 is 11.1 Å². The number of nitrogens with one attached hydrogen (secondary N) is 2. The molecule has 1 atom stereocenters. The molecule has 1 aliphatic rings. The van der Waals surface area contributed by atoms with Gasteiger partial charge in [0.05, 0.1) is 6.04 Å². The molecule has 0 aromatic rings. The molecular formula is C12H22N4OS. The van der Waals surface area contributed by atoms with Gasteiger partial charge in [0.15, 0.2) is 0 Å². The summed E-state index contributed by atoms with van der Waals surface area (Å²) in [5.74, 6) is 0.301. The van der Waals surface area contributed by atoms with Crippen LogP contribution in [0.2, 0.25) is 0 Å². The third-order valence-electron chi connectivity index (χ3n) is 2.85. The molecule has 18 heavy (non-hydrogen) atoms. The summed E-state index contributed by atoms with van der Waals surface area (Å²) < 4.78 is 0. The Labute approximate surface area is 114 Å². The lowest BCUT2D eigenvalue weighted by Crippen LogP contribution is -2.48. The first-order valence-corrected chi connectivity index (χ1v) is 6.64. The van der Waals surface area contributed by atoms with E-state index in [0.717, 1.165) is 25.8 Å². The van der Waals surface area contributed by atoms with Gasteiger partial charge in [0.2, 0.25) is 11.0 Å². The minimum atomic E-state index is -0.252. The number of carbonyl (C=O) groups excluding carboxylic acids is 1. The molecule has 1 aliphatic heterocycles. The van der Waals surface area contributed by atoms with Gasteiger partial charge in [0, 0.05) is 5.41 Å². The van der Waals surface area contributed by atoms with Crippen molar-refractivity contribution in [2.75, 3.05) is 6.54 Å². The monoisotopic (exact) mass is 270 g/mol. The molecule has 1 unspecified atom stereocenters. The highest BCUT2D eigenvalue weighted by Gasteiger charge is 2.22. The van der Waals surface area contributed by atoms with Crippen LogP contribution >= 0.6 is 12.2 Å². The summed E-state index contributed by atoms with van der Waals surface area (Å²) in [4.78, 5) is 15.9. The van der Waals surface area contributed by atoms with Crippen molar-refractivity contribution in [3.63, 3.8) is 0 Å². The largest absolute Gasteiger partial charge is 0.387 e. The second-order valence-corrected chi connectivity index (χ2v) is 5.93. The van der Waals surface area contributed by atoms with Gasteiger partial charge in [-0.05, 0) is 31.6 Å². The van der Waals surface area contributed by atoms with Gasteiger partial charge in [-0.3, -0.25) is 10.1 Å². The number of rotatable bonds is 1. The molecule has 0 aliphatic carbocycles. The van der Waals surface area contributed by atoms with E-state index < -0.39 is 0 Å². The van der Waals surface area contributed by atoms with Crippen LogP contribution in [0.4, 0.5) is 0 Å². The van der Waals surface area contributed by atoms with E-state index in [4.69, 9.17) is 18.0 Å². The topological polar surface area (TPSA) is 79.5 Å². The zero-order valence-electron chi connectivity index (χ0n) is 11.2. The quantitative estimate of drug-likeness (QED) is 0.376. The van der Waals surface area contributed by atoms with Crippen LogP contribution < -0.4 is 16.4 Å². The van der Waals surface area contributed by atoms with Gasteiger partial charge in [-0.1, -0.05) is 27.2 Å². The van der Waals surface area contributed by atoms with E-state index in [-0.39, 0.29) is 22.5 Å². The number of carbonyl (C=O) groups is 1. The van der Waals surface area contributed by atoms with Crippen LogP contribution in [-0.2, 0) is 4.79 Å². The van der Waals surface area contributed by atoms with Crippen molar-refractivity contribution >= 4 is 29.1 Å². The molecule has 0 aromatic carbocycles. The second-order valence-electron chi connectivity index (χ2n) is 5.54. The van der Waals surface area contributed by atoms with Gasteiger partial charge in [-0.15, -0.1) is 0 Å². The molecule has 1 heterocycles. The minimum absolute atomic E-state index is 0.120. The first kappa shape index (κ1) is 15.0. The van der Waals surface area contributed by atoms with E-state index in [1.54, 1.807) is 0 Å². The fourth-order valence-electron chi connectivity index (χ4n) is 1.57. The van der Waals surface area contributed by atoms with Crippen LogP contribution in [0, 0.1) is 5.41 Å². The first-order chi connectivity index (χ1) is 8.30. The molecule has 4 N–H and O–H groups in total. The average molecular weight is 270 g/mol. The number of piperidine rings is 1. The maximum atomic E-state index is 11.9. The number of nitrogens with zero attached hydrogens (tertiary/aromatic N) is 1. The summed E-state index contributed by atoms with van der Waals surface area (Å²) >= 11 is 5.02. The predicted molar refractivity (Wildman–Crippen MR) is 77.5 cm³/mol. The summed E-state index contributed by atoms with van der Waals surface area (Å²) in [7, 11) is 0. The summed E-state index contributed by atoms with van der Waals surface area (Å²) in [6.07, 6.45) is 3.02. The molecular weight excluding hydrogens is 248 g/mol. The molecule has 0 bridgehead atoms. The molecule has 6 heteroatoms. The molecule has 5 nitrogen and oxygen atoms in total. The molecule has 1 saturated heterocycles. The normalized spacial score (nSPS) is 21.5. The number of amidine groups is 1. The van der Waals surface area contributed by atoms with Crippen molar-refractivity contribution in [3.8, 4) is 0 Å². The number of thiocarbonyl (C=S) groups is 1. The Kier molecular flexibility index (Phi) is 5.22. The van der Waals surface area contributed by atoms with E-state index in [1.807, 2.05) is 20.8 Å². The van der Waals surface area contributed by atoms with Crippen LogP contribution in [0.25, 0.3) is 0 Å². The highest BCUT2D eigenvalue weighted by Crippen LogP contribution is 2.12. The third-order valence-corrected chi connectivity index (χ3v) is 3.04. The van der Waals surface area contributed by atoms with Crippen LogP contribution in [0.1, 0.15) is 40.0 Å². The van der Waals surface area contributed by atoms with E-state index in [2.05, 4.69) is 15.6 Å². The van der Waals surface area contributed by atoms with Gasteiger partial charge in [0.25, 0.3) is 0 Å². The van der Waals surface area contributed by atoms with Crippen molar-refractivity contribution in [3.05, 3.63) is 0 Å². The maximum absolute atomic E-state index is 11.9. The predicted octanol–water partition coefficient (Wildman–Crippen LogP) is 0.933. The van der Waals surface area contributed by atoms with Crippen molar-refractivity contribution in [1.29, 1.82) is 0 Å².